The lowest BCUT2D eigenvalue weighted by Crippen LogP contribution is -1.88. The predicted molar refractivity (Wildman–Crippen MR) is 42.1 cm³/mol. The average Bonchev–Trinajstić information content (AvgIpc) is 1.99. The third kappa shape index (κ3) is 4.50. The van der Waals surface area contributed by atoms with Crippen LogP contribution in [0, 0.1) is 0 Å². The van der Waals surface area contributed by atoms with E-state index < -0.39 is 0 Å². The number of unbranched alkanes of at least 4 members (excludes halogenated alkanes) is 1. The van der Waals surface area contributed by atoms with E-state index in [2.05, 4.69) is 0 Å². The highest BCUT2D eigenvalue weighted by Gasteiger charge is 1.90. The van der Waals surface area contributed by atoms with E-state index in [9.17, 15) is 0 Å². The van der Waals surface area contributed by atoms with Gasteiger partial charge in [0.25, 0.3) is 5.95 Å². The van der Waals surface area contributed by atoms with Gasteiger partial charge in [-0.15, -0.1) is 11.6 Å². The smallest absolute Gasteiger partial charge is 0.274 e. The summed E-state index contributed by atoms with van der Waals surface area (Å²) in [5, 5.41) is 0. The summed E-state index contributed by atoms with van der Waals surface area (Å²) in [5.41, 5.74) is 0. The normalized spacial score (nSPS) is 8.70. The van der Waals surface area contributed by atoms with E-state index >= 15 is 0 Å². The Labute approximate surface area is 66.8 Å². The quantitative estimate of drug-likeness (QED) is 0.352. The van der Waals surface area contributed by atoms with Crippen molar-refractivity contribution in [2.45, 2.75) is 12.8 Å². The maximum atomic E-state index is 5.46. The summed E-state index contributed by atoms with van der Waals surface area (Å²) in [6.45, 7) is 0. The zero-order valence-corrected chi connectivity index (χ0v) is 7.15. The molecule has 0 N–H and O–H groups in total. The molecule has 0 fully saturated rings. The van der Waals surface area contributed by atoms with Gasteiger partial charge in [-0.05, 0) is 18.9 Å². The SMILES string of the molecule is COC(=CCCCCl)OC. The van der Waals surface area contributed by atoms with Crippen LogP contribution in [0.1, 0.15) is 12.8 Å². The molecule has 2 nitrogen and oxygen atoms in total. The van der Waals surface area contributed by atoms with Gasteiger partial charge < -0.3 is 9.47 Å². The Bertz CT molecular complexity index is 95.8. The molecule has 0 aliphatic carbocycles. The zero-order chi connectivity index (χ0) is 7.82. The van der Waals surface area contributed by atoms with Crippen molar-refractivity contribution < 1.29 is 9.47 Å². The van der Waals surface area contributed by atoms with Gasteiger partial charge in [-0.2, -0.15) is 0 Å². The second-order valence-corrected chi connectivity index (χ2v) is 2.14. The molecule has 0 spiro atoms. The second kappa shape index (κ2) is 6.75. The number of halogens is 1. The van der Waals surface area contributed by atoms with Gasteiger partial charge in [-0.3, -0.25) is 0 Å². The Hall–Kier alpha value is -0.370. The van der Waals surface area contributed by atoms with Gasteiger partial charge in [0, 0.05) is 5.88 Å². The molecule has 0 aliphatic rings. The van der Waals surface area contributed by atoms with Gasteiger partial charge in [0.1, 0.15) is 0 Å². The fraction of sp³-hybridized carbons (Fsp3) is 0.714. The lowest BCUT2D eigenvalue weighted by atomic mass is 10.3. The summed E-state index contributed by atoms with van der Waals surface area (Å²) in [4.78, 5) is 0. The van der Waals surface area contributed by atoms with Gasteiger partial charge in [0.15, 0.2) is 0 Å². The molecule has 0 aromatic carbocycles. The number of ether oxygens (including phenoxy) is 2. The first-order valence-corrected chi connectivity index (χ1v) is 3.72. The van der Waals surface area contributed by atoms with E-state index in [0.717, 1.165) is 12.8 Å². The van der Waals surface area contributed by atoms with Crippen molar-refractivity contribution >= 4 is 11.6 Å². The lowest BCUT2D eigenvalue weighted by Gasteiger charge is -2.01. The molecule has 0 aromatic heterocycles. The minimum atomic E-state index is 0.560. The van der Waals surface area contributed by atoms with E-state index in [0.29, 0.717) is 11.8 Å². The molecule has 0 aliphatic heterocycles. The van der Waals surface area contributed by atoms with Crippen molar-refractivity contribution in [3.05, 3.63) is 12.0 Å². The number of methoxy groups -OCH3 is 2. The minimum Gasteiger partial charge on any atom is -0.469 e. The minimum absolute atomic E-state index is 0.560. The summed E-state index contributed by atoms with van der Waals surface area (Å²) < 4.78 is 9.68. The molecule has 0 aromatic rings. The summed E-state index contributed by atoms with van der Waals surface area (Å²) in [7, 11) is 3.16. The van der Waals surface area contributed by atoms with Crippen molar-refractivity contribution in [3.63, 3.8) is 0 Å². The molecule has 10 heavy (non-hydrogen) atoms. The topological polar surface area (TPSA) is 18.5 Å². The molecule has 3 heteroatoms. The van der Waals surface area contributed by atoms with Crippen LogP contribution in [0.2, 0.25) is 0 Å². The number of rotatable bonds is 5. The lowest BCUT2D eigenvalue weighted by molar-refractivity contribution is 0.0939. The van der Waals surface area contributed by atoms with Crippen LogP contribution in [-0.2, 0) is 9.47 Å². The average molecular weight is 165 g/mol. The molecule has 0 atom stereocenters. The third-order valence-corrected chi connectivity index (χ3v) is 1.32. The maximum Gasteiger partial charge on any atom is 0.274 e. The highest BCUT2D eigenvalue weighted by molar-refractivity contribution is 6.17. The van der Waals surface area contributed by atoms with Gasteiger partial charge >= 0.3 is 0 Å². The Kier molecular flexibility index (Phi) is 6.50. The standard InChI is InChI=1S/C7H13ClO2/c1-9-7(10-2)5-3-4-6-8/h5H,3-4,6H2,1-2H3. The fourth-order valence-electron chi connectivity index (χ4n) is 0.547. The zero-order valence-electron chi connectivity index (χ0n) is 6.39. The van der Waals surface area contributed by atoms with Crippen LogP contribution in [0.15, 0.2) is 12.0 Å². The summed E-state index contributed by atoms with van der Waals surface area (Å²) >= 11 is 5.46. The van der Waals surface area contributed by atoms with Crippen molar-refractivity contribution in [1.29, 1.82) is 0 Å². The number of alkyl halides is 1. The van der Waals surface area contributed by atoms with E-state index in [1.165, 1.54) is 0 Å². The highest BCUT2D eigenvalue weighted by atomic mass is 35.5. The number of hydrogen-bond donors (Lipinski definition) is 0. The van der Waals surface area contributed by atoms with Crippen LogP contribution >= 0.6 is 11.6 Å². The molecule has 0 heterocycles. The van der Waals surface area contributed by atoms with E-state index in [1.54, 1.807) is 14.2 Å². The Morgan fingerprint density at radius 2 is 2.00 bits per heavy atom. The molecule has 0 bridgehead atoms. The van der Waals surface area contributed by atoms with Crippen LogP contribution in [-0.4, -0.2) is 20.1 Å². The summed E-state index contributed by atoms with van der Waals surface area (Å²) in [5.74, 6) is 1.24. The van der Waals surface area contributed by atoms with Crippen LogP contribution in [0.3, 0.4) is 0 Å². The molecule has 60 valence electrons. The van der Waals surface area contributed by atoms with Crippen LogP contribution in [0.25, 0.3) is 0 Å². The maximum absolute atomic E-state index is 5.46. The number of allylic oxidation sites excluding steroid dienone is 1. The molecule has 0 amide bonds. The first-order chi connectivity index (χ1) is 4.85. The Morgan fingerprint density at radius 1 is 1.40 bits per heavy atom. The van der Waals surface area contributed by atoms with E-state index in [-0.39, 0.29) is 0 Å². The van der Waals surface area contributed by atoms with Gasteiger partial charge in [-0.1, -0.05) is 0 Å². The first kappa shape index (κ1) is 9.63. The fourth-order valence-corrected chi connectivity index (χ4v) is 0.701. The van der Waals surface area contributed by atoms with E-state index in [4.69, 9.17) is 21.1 Å². The van der Waals surface area contributed by atoms with Gasteiger partial charge in [0.2, 0.25) is 0 Å². The van der Waals surface area contributed by atoms with Crippen molar-refractivity contribution in [2.75, 3.05) is 20.1 Å². The molecular weight excluding hydrogens is 152 g/mol. The predicted octanol–water partition coefficient (Wildman–Crippen LogP) is 2.14. The first-order valence-electron chi connectivity index (χ1n) is 3.19. The third-order valence-electron chi connectivity index (χ3n) is 1.05. The van der Waals surface area contributed by atoms with Crippen molar-refractivity contribution in [3.8, 4) is 0 Å². The van der Waals surface area contributed by atoms with Crippen molar-refractivity contribution in [1.82, 2.24) is 0 Å². The molecule has 0 saturated heterocycles. The van der Waals surface area contributed by atoms with Crippen LogP contribution in [0.4, 0.5) is 0 Å². The molecular formula is C7H13ClO2. The summed E-state index contributed by atoms with van der Waals surface area (Å²) in [6, 6.07) is 0. The van der Waals surface area contributed by atoms with E-state index in [1.807, 2.05) is 6.08 Å². The van der Waals surface area contributed by atoms with Crippen LogP contribution < -0.4 is 0 Å². The molecule has 0 unspecified atom stereocenters. The molecule has 0 saturated carbocycles. The Morgan fingerprint density at radius 3 is 2.40 bits per heavy atom. The summed E-state index contributed by atoms with van der Waals surface area (Å²) in [6.07, 6.45) is 3.74. The van der Waals surface area contributed by atoms with Gasteiger partial charge in [-0.25, -0.2) is 0 Å². The molecule has 0 rings (SSSR count). The van der Waals surface area contributed by atoms with Gasteiger partial charge in [0.05, 0.1) is 14.2 Å². The second-order valence-electron chi connectivity index (χ2n) is 1.76. The molecule has 0 radical (unpaired) electrons. The number of hydrogen-bond acceptors (Lipinski definition) is 2. The largest absolute Gasteiger partial charge is 0.469 e. The monoisotopic (exact) mass is 164 g/mol. The Balaban J connectivity index is 3.43. The van der Waals surface area contributed by atoms with Crippen LogP contribution in [0.5, 0.6) is 0 Å². The highest BCUT2D eigenvalue weighted by Crippen LogP contribution is 2.00. The van der Waals surface area contributed by atoms with Crippen molar-refractivity contribution in [2.24, 2.45) is 0 Å².